The second-order valence-corrected chi connectivity index (χ2v) is 4.51. The van der Waals surface area contributed by atoms with Crippen LogP contribution < -0.4 is 5.32 Å². The van der Waals surface area contributed by atoms with Gasteiger partial charge < -0.3 is 15.2 Å². The highest BCUT2D eigenvalue weighted by Gasteiger charge is 2.15. The Kier molecular flexibility index (Phi) is 5.72. The van der Waals surface area contributed by atoms with Gasteiger partial charge in [0.1, 0.15) is 5.60 Å². The van der Waals surface area contributed by atoms with Crippen LogP contribution in [0.3, 0.4) is 0 Å². The van der Waals surface area contributed by atoms with Gasteiger partial charge in [0.15, 0.2) is 0 Å². The summed E-state index contributed by atoms with van der Waals surface area (Å²) < 4.78 is 5.09. The molecule has 0 aliphatic rings. The van der Waals surface area contributed by atoms with Crippen molar-refractivity contribution in [2.45, 2.75) is 33.3 Å². The molecule has 0 rings (SSSR count). The number of carbonyl (C=O) groups excluding carboxylic acids is 1. The number of aliphatic hydroxyl groups is 1. The highest BCUT2D eigenvalue weighted by Crippen LogP contribution is 2.06. The number of hydrogen-bond donors (Lipinski definition) is 2. The minimum Gasteiger partial charge on any atom is -0.459 e. The third-order valence-corrected chi connectivity index (χ3v) is 1.49. The number of esters is 1. The second kappa shape index (κ2) is 5.98. The van der Waals surface area contributed by atoms with E-state index in [1.165, 1.54) is 0 Å². The molecular formula is C10H21NO3. The van der Waals surface area contributed by atoms with Gasteiger partial charge in [-0.25, -0.2) is 0 Å². The van der Waals surface area contributed by atoms with Crippen molar-refractivity contribution in [1.82, 2.24) is 5.32 Å². The van der Waals surface area contributed by atoms with Crippen molar-refractivity contribution in [3.63, 3.8) is 0 Å². The number of rotatable bonds is 5. The molecule has 0 amide bonds. The summed E-state index contributed by atoms with van der Waals surface area (Å²) in [6.45, 7) is 8.35. The molecule has 0 bridgehead atoms. The van der Waals surface area contributed by atoms with E-state index in [4.69, 9.17) is 9.84 Å². The second-order valence-electron chi connectivity index (χ2n) is 4.51. The average Bonchev–Trinajstić information content (AvgIpc) is 2.00. The lowest BCUT2D eigenvalue weighted by molar-refractivity contribution is -0.153. The SMILES string of the molecule is C[C@@H](CO)CNCC(=O)OC(C)(C)C. The highest BCUT2D eigenvalue weighted by atomic mass is 16.6. The first-order valence-corrected chi connectivity index (χ1v) is 4.88. The van der Waals surface area contributed by atoms with E-state index < -0.39 is 5.60 Å². The highest BCUT2D eigenvalue weighted by molar-refractivity contribution is 5.72. The molecule has 2 N–H and O–H groups in total. The molecule has 0 aliphatic carbocycles. The van der Waals surface area contributed by atoms with Gasteiger partial charge in [0.2, 0.25) is 0 Å². The molecule has 4 heteroatoms. The Balaban J connectivity index is 3.55. The van der Waals surface area contributed by atoms with E-state index in [0.29, 0.717) is 6.54 Å². The Morgan fingerprint density at radius 2 is 2.07 bits per heavy atom. The van der Waals surface area contributed by atoms with Gasteiger partial charge in [0, 0.05) is 13.2 Å². The zero-order valence-corrected chi connectivity index (χ0v) is 9.46. The third-order valence-electron chi connectivity index (χ3n) is 1.49. The van der Waals surface area contributed by atoms with E-state index >= 15 is 0 Å². The Labute approximate surface area is 85.6 Å². The first-order chi connectivity index (χ1) is 6.35. The van der Waals surface area contributed by atoms with Gasteiger partial charge in [0.05, 0.1) is 6.54 Å². The van der Waals surface area contributed by atoms with Crippen LogP contribution in [0.15, 0.2) is 0 Å². The fraction of sp³-hybridized carbons (Fsp3) is 0.900. The molecule has 84 valence electrons. The van der Waals surface area contributed by atoms with E-state index in [1.54, 1.807) is 0 Å². The zero-order valence-electron chi connectivity index (χ0n) is 9.46. The predicted octanol–water partition coefficient (Wildman–Crippen LogP) is 0.546. The minimum absolute atomic E-state index is 0.126. The van der Waals surface area contributed by atoms with Crippen LogP contribution in [-0.2, 0) is 9.53 Å². The van der Waals surface area contributed by atoms with Crippen molar-refractivity contribution >= 4 is 5.97 Å². The zero-order chi connectivity index (χ0) is 11.2. The monoisotopic (exact) mass is 203 g/mol. The Morgan fingerprint density at radius 1 is 1.50 bits per heavy atom. The molecule has 14 heavy (non-hydrogen) atoms. The van der Waals surface area contributed by atoms with E-state index in [-0.39, 0.29) is 25.0 Å². The molecule has 0 heterocycles. The van der Waals surface area contributed by atoms with E-state index in [2.05, 4.69) is 5.32 Å². The molecule has 0 saturated heterocycles. The van der Waals surface area contributed by atoms with Gasteiger partial charge in [-0.3, -0.25) is 4.79 Å². The van der Waals surface area contributed by atoms with Crippen LogP contribution in [0.5, 0.6) is 0 Å². The van der Waals surface area contributed by atoms with Crippen molar-refractivity contribution in [2.24, 2.45) is 5.92 Å². The summed E-state index contributed by atoms with van der Waals surface area (Å²) in [6, 6.07) is 0. The van der Waals surface area contributed by atoms with Gasteiger partial charge in [-0.1, -0.05) is 6.92 Å². The normalized spacial score (nSPS) is 13.8. The fourth-order valence-corrected chi connectivity index (χ4v) is 0.863. The predicted molar refractivity (Wildman–Crippen MR) is 55.0 cm³/mol. The standard InChI is InChI=1S/C10H21NO3/c1-8(7-12)5-11-6-9(13)14-10(2,3)4/h8,11-12H,5-7H2,1-4H3/t8-/m1/s1. The summed E-state index contributed by atoms with van der Waals surface area (Å²) in [5.74, 6) is -0.0972. The molecule has 0 fully saturated rings. The number of hydrogen-bond acceptors (Lipinski definition) is 4. The van der Waals surface area contributed by atoms with Crippen molar-refractivity contribution in [3.8, 4) is 0 Å². The topological polar surface area (TPSA) is 58.6 Å². The van der Waals surface area contributed by atoms with Gasteiger partial charge in [-0.2, -0.15) is 0 Å². The molecule has 0 spiro atoms. The van der Waals surface area contributed by atoms with E-state index in [9.17, 15) is 4.79 Å². The van der Waals surface area contributed by atoms with Crippen molar-refractivity contribution in [2.75, 3.05) is 19.7 Å². The van der Waals surface area contributed by atoms with Crippen molar-refractivity contribution in [1.29, 1.82) is 0 Å². The number of carbonyl (C=O) groups is 1. The molecule has 1 atom stereocenters. The maximum Gasteiger partial charge on any atom is 0.320 e. The maximum absolute atomic E-state index is 11.2. The maximum atomic E-state index is 11.2. The van der Waals surface area contributed by atoms with Crippen molar-refractivity contribution in [3.05, 3.63) is 0 Å². The third kappa shape index (κ3) is 8.01. The molecule has 0 aliphatic heterocycles. The molecule has 0 unspecified atom stereocenters. The van der Waals surface area contributed by atoms with Crippen LogP contribution in [0.25, 0.3) is 0 Å². The minimum atomic E-state index is -0.429. The van der Waals surface area contributed by atoms with E-state index in [1.807, 2.05) is 27.7 Å². The summed E-state index contributed by atoms with van der Waals surface area (Å²) in [4.78, 5) is 11.2. The summed E-state index contributed by atoms with van der Waals surface area (Å²) in [7, 11) is 0. The molecule has 4 nitrogen and oxygen atoms in total. The summed E-state index contributed by atoms with van der Waals surface area (Å²) in [5, 5.41) is 11.7. The number of aliphatic hydroxyl groups excluding tert-OH is 1. The smallest absolute Gasteiger partial charge is 0.320 e. The van der Waals surface area contributed by atoms with Crippen LogP contribution in [0.1, 0.15) is 27.7 Å². The van der Waals surface area contributed by atoms with Gasteiger partial charge in [-0.15, -0.1) is 0 Å². The fourth-order valence-electron chi connectivity index (χ4n) is 0.863. The van der Waals surface area contributed by atoms with Crippen LogP contribution in [0, 0.1) is 5.92 Å². The molecule has 0 aromatic heterocycles. The van der Waals surface area contributed by atoms with Crippen LogP contribution in [0.2, 0.25) is 0 Å². The number of nitrogens with one attached hydrogen (secondary N) is 1. The first-order valence-electron chi connectivity index (χ1n) is 4.88. The van der Waals surface area contributed by atoms with Crippen molar-refractivity contribution < 1.29 is 14.6 Å². The van der Waals surface area contributed by atoms with Gasteiger partial charge in [0.25, 0.3) is 0 Å². The van der Waals surface area contributed by atoms with Crippen LogP contribution in [-0.4, -0.2) is 36.4 Å². The van der Waals surface area contributed by atoms with Gasteiger partial charge >= 0.3 is 5.97 Å². The number of ether oxygens (including phenoxy) is 1. The Morgan fingerprint density at radius 3 is 2.50 bits per heavy atom. The summed E-state index contributed by atoms with van der Waals surface area (Å²) in [6.07, 6.45) is 0. The molecule has 0 aromatic carbocycles. The molecule has 0 radical (unpaired) electrons. The lowest BCUT2D eigenvalue weighted by Gasteiger charge is -2.19. The summed E-state index contributed by atoms with van der Waals surface area (Å²) in [5.41, 5.74) is -0.429. The van der Waals surface area contributed by atoms with Crippen LogP contribution in [0.4, 0.5) is 0 Å². The lowest BCUT2D eigenvalue weighted by atomic mass is 10.2. The summed E-state index contributed by atoms with van der Waals surface area (Å²) >= 11 is 0. The largest absolute Gasteiger partial charge is 0.459 e. The Bertz CT molecular complexity index is 175. The first kappa shape index (κ1) is 13.4. The lowest BCUT2D eigenvalue weighted by Crippen LogP contribution is -2.33. The Hall–Kier alpha value is -0.610. The average molecular weight is 203 g/mol. The molecule has 0 aromatic rings. The van der Waals surface area contributed by atoms with E-state index in [0.717, 1.165) is 0 Å². The molecule has 0 saturated carbocycles. The quantitative estimate of drug-likeness (QED) is 0.640. The molecular weight excluding hydrogens is 182 g/mol. The van der Waals surface area contributed by atoms with Gasteiger partial charge in [-0.05, 0) is 26.7 Å². The van der Waals surface area contributed by atoms with Crippen LogP contribution >= 0.6 is 0 Å².